The number of benzene rings is 1. The number of aliphatic hydroxyl groups is 2. The molecule has 1 aromatic carbocycles. The monoisotopic (exact) mass is 312 g/mol. The molecule has 1 saturated carbocycles. The first kappa shape index (κ1) is 14.0. The number of hydrogen-bond donors (Lipinski definition) is 3. The van der Waals surface area contributed by atoms with E-state index in [0.717, 1.165) is 19.5 Å². The van der Waals surface area contributed by atoms with Gasteiger partial charge in [0.2, 0.25) is 0 Å². The fraction of sp³-hybridized carbons (Fsp3) is 0.579. The summed E-state index contributed by atoms with van der Waals surface area (Å²) >= 11 is 0. The first-order chi connectivity index (χ1) is 11.3. The number of fused-ring (bicyclic) bond motifs is 2. The van der Waals surface area contributed by atoms with Gasteiger partial charge >= 0.3 is 0 Å². The lowest BCUT2D eigenvalue weighted by molar-refractivity contribution is 0.0294. The fourth-order valence-electron chi connectivity index (χ4n) is 6.16. The molecule has 4 nitrogen and oxygen atoms in total. The summed E-state index contributed by atoms with van der Waals surface area (Å²) in [6.45, 7) is 2.40. The van der Waals surface area contributed by atoms with E-state index in [-0.39, 0.29) is 24.5 Å². The Morgan fingerprint density at radius 1 is 1.30 bits per heavy atom. The SMILES string of the molecule is OCC=C1CN2CC[C@]34c5ccccc5N[C@H]3[C@@H](CO)[C@H]1C[C@H]24. The second-order valence-electron chi connectivity index (χ2n) is 7.59. The van der Waals surface area contributed by atoms with Crippen LogP contribution in [-0.2, 0) is 5.41 Å². The van der Waals surface area contributed by atoms with E-state index in [0.29, 0.717) is 18.0 Å². The summed E-state index contributed by atoms with van der Waals surface area (Å²) in [4.78, 5) is 2.61. The van der Waals surface area contributed by atoms with Crippen LogP contribution < -0.4 is 5.32 Å². The van der Waals surface area contributed by atoms with Crippen LogP contribution in [0.5, 0.6) is 0 Å². The molecule has 23 heavy (non-hydrogen) atoms. The molecule has 4 aliphatic rings. The van der Waals surface area contributed by atoms with Crippen molar-refractivity contribution in [3.8, 4) is 0 Å². The molecule has 4 heteroatoms. The van der Waals surface area contributed by atoms with Crippen LogP contribution in [0, 0.1) is 11.8 Å². The fourth-order valence-corrected chi connectivity index (χ4v) is 6.16. The van der Waals surface area contributed by atoms with Gasteiger partial charge in [-0.3, -0.25) is 4.90 Å². The van der Waals surface area contributed by atoms with Crippen LogP contribution in [0.3, 0.4) is 0 Å². The predicted molar refractivity (Wildman–Crippen MR) is 89.4 cm³/mol. The van der Waals surface area contributed by atoms with Gasteiger partial charge in [-0.05, 0) is 36.9 Å². The molecular weight excluding hydrogens is 288 g/mol. The topological polar surface area (TPSA) is 55.7 Å². The van der Waals surface area contributed by atoms with E-state index < -0.39 is 0 Å². The number of nitrogens with zero attached hydrogens (tertiary/aromatic N) is 1. The van der Waals surface area contributed by atoms with Crippen molar-refractivity contribution in [2.45, 2.75) is 30.3 Å². The Morgan fingerprint density at radius 2 is 2.17 bits per heavy atom. The van der Waals surface area contributed by atoms with Crippen molar-refractivity contribution in [3.05, 3.63) is 41.5 Å². The Balaban J connectivity index is 1.67. The standard InChI is InChI=1S/C19H24N2O2/c22-8-5-12-10-21-7-6-19-15-3-1-2-4-16(15)20-18(19)14(11-23)13(12)9-17(19)21/h1-5,13-14,17-18,20,22-23H,6-11H2/t13-,14-,17-,18-,19+/m0/s1. The smallest absolute Gasteiger partial charge is 0.0615 e. The molecule has 1 aromatic rings. The molecule has 3 aliphatic heterocycles. The summed E-state index contributed by atoms with van der Waals surface area (Å²) in [5, 5.41) is 23.4. The molecule has 5 atom stereocenters. The highest BCUT2D eigenvalue weighted by Crippen LogP contribution is 2.60. The summed E-state index contributed by atoms with van der Waals surface area (Å²) in [6, 6.07) is 9.60. The summed E-state index contributed by atoms with van der Waals surface area (Å²) in [5.41, 5.74) is 4.21. The van der Waals surface area contributed by atoms with E-state index in [4.69, 9.17) is 0 Å². The largest absolute Gasteiger partial charge is 0.396 e. The quantitative estimate of drug-likeness (QED) is 0.722. The molecule has 122 valence electrons. The Morgan fingerprint density at radius 3 is 3.00 bits per heavy atom. The van der Waals surface area contributed by atoms with E-state index in [1.807, 2.05) is 6.08 Å². The first-order valence-electron chi connectivity index (χ1n) is 8.80. The van der Waals surface area contributed by atoms with Crippen LogP contribution in [-0.4, -0.2) is 53.5 Å². The van der Waals surface area contributed by atoms with Crippen molar-refractivity contribution < 1.29 is 10.2 Å². The van der Waals surface area contributed by atoms with Crippen LogP contribution in [0.1, 0.15) is 18.4 Å². The molecule has 1 spiro atoms. The zero-order valence-electron chi connectivity index (χ0n) is 13.3. The van der Waals surface area contributed by atoms with Crippen LogP contribution >= 0.6 is 0 Å². The van der Waals surface area contributed by atoms with E-state index in [2.05, 4.69) is 34.5 Å². The van der Waals surface area contributed by atoms with Crippen molar-refractivity contribution in [1.29, 1.82) is 0 Å². The maximum Gasteiger partial charge on any atom is 0.0615 e. The number of anilines is 1. The van der Waals surface area contributed by atoms with Crippen LogP contribution in [0.2, 0.25) is 0 Å². The zero-order chi connectivity index (χ0) is 15.6. The molecule has 5 rings (SSSR count). The van der Waals surface area contributed by atoms with Crippen molar-refractivity contribution in [2.75, 3.05) is 31.6 Å². The third-order valence-corrected chi connectivity index (χ3v) is 6.99. The minimum absolute atomic E-state index is 0.103. The van der Waals surface area contributed by atoms with Gasteiger partial charge < -0.3 is 15.5 Å². The summed E-state index contributed by atoms with van der Waals surface area (Å²) in [7, 11) is 0. The van der Waals surface area contributed by atoms with Crippen LogP contribution in [0.25, 0.3) is 0 Å². The summed E-state index contributed by atoms with van der Waals surface area (Å²) in [5.74, 6) is 0.628. The lowest BCUT2D eigenvalue weighted by Crippen LogP contribution is -2.62. The Bertz CT molecular complexity index is 673. The van der Waals surface area contributed by atoms with E-state index in [1.165, 1.54) is 23.2 Å². The van der Waals surface area contributed by atoms with Gasteiger partial charge in [-0.2, -0.15) is 0 Å². The number of aliphatic hydroxyl groups excluding tert-OH is 2. The summed E-state index contributed by atoms with van der Waals surface area (Å²) in [6.07, 6.45) is 4.27. The van der Waals surface area contributed by atoms with Gasteiger partial charge in [-0.25, -0.2) is 0 Å². The van der Waals surface area contributed by atoms with Crippen molar-refractivity contribution >= 4 is 5.69 Å². The highest BCUT2D eigenvalue weighted by molar-refractivity contribution is 5.65. The second-order valence-corrected chi connectivity index (χ2v) is 7.59. The maximum absolute atomic E-state index is 10.2. The average molecular weight is 312 g/mol. The molecule has 0 radical (unpaired) electrons. The number of nitrogens with one attached hydrogen (secondary N) is 1. The maximum atomic E-state index is 10.2. The highest BCUT2D eigenvalue weighted by Gasteiger charge is 2.64. The van der Waals surface area contributed by atoms with Crippen molar-refractivity contribution in [2.24, 2.45) is 11.8 Å². The normalized spacial score (nSPS) is 42.4. The van der Waals surface area contributed by atoms with Crippen molar-refractivity contribution in [3.63, 3.8) is 0 Å². The van der Waals surface area contributed by atoms with Gasteiger partial charge in [-0.15, -0.1) is 0 Å². The summed E-state index contributed by atoms with van der Waals surface area (Å²) < 4.78 is 0. The Labute approximate surface area is 136 Å². The van der Waals surface area contributed by atoms with Gasteiger partial charge in [0.25, 0.3) is 0 Å². The minimum Gasteiger partial charge on any atom is -0.396 e. The lowest BCUT2D eigenvalue weighted by Gasteiger charge is -2.54. The Kier molecular flexibility index (Phi) is 2.94. The zero-order valence-corrected chi connectivity index (χ0v) is 13.3. The van der Waals surface area contributed by atoms with Gasteiger partial charge in [0.05, 0.1) is 6.61 Å². The van der Waals surface area contributed by atoms with Gasteiger partial charge in [0.1, 0.15) is 0 Å². The van der Waals surface area contributed by atoms with E-state index in [1.54, 1.807) is 0 Å². The number of hydrogen-bond acceptors (Lipinski definition) is 4. The minimum atomic E-state index is 0.103. The molecule has 2 bridgehead atoms. The molecule has 3 fully saturated rings. The number of rotatable bonds is 2. The lowest BCUT2D eigenvalue weighted by atomic mass is 9.56. The molecule has 1 aliphatic carbocycles. The molecule has 0 amide bonds. The van der Waals surface area contributed by atoms with Crippen LogP contribution in [0.4, 0.5) is 5.69 Å². The molecule has 3 N–H and O–H groups in total. The van der Waals surface area contributed by atoms with E-state index >= 15 is 0 Å². The number of piperidine rings is 1. The van der Waals surface area contributed by atoms with Gasteiger partial charge in [0, 0.05) is 42.3 Å². The molecule has 0 aromatic heterocycles. The van der Waals surface area contributed by atoms with Gasteiger partial charge in [0.15, 0.2) is 0 Å². The van der Waals surface area contributed by atoms with E-state index in [9.17, 15) is 10.2 Å². The van der Waals surface area contributed by atoms with Gasteiger partial charge in [-0.1, -0.05) is 29.8 Å². The molecule has 3 heterocycles. The van der Waals surface area contributed by atoms with Crippen molar-refractivity contribution in [1.82, 2.24) is 4.90 Å². The second kappa shape index (κ2) is 4.82. The molecular formula is C19H24N2O2. The average Bonchev–Trinajstić information content (AvgIpc) is 3.12. The highest BCUT2D eigenvalue weighted by atomic mass is 16.3. The van der Waals surface area contributed by atoms with Crippen LogP contribution in [0.15, 0.2) is 35.9 Å². The predicted octanol–water partition coefficient (Wildman–Crippen LogP) is 1.35. The molecule has 2 saturated heterocycles. The first-order valence-corrected chi connectivity index (χ1v) is 8.80. The molecule has 0 unspecified atom stereocenters. The Hall–Kier alpha value is -1.36. The third kappa shape index (κ3) is 1.61. The third-order valence-electron chi connectivity index (χ3n) is 6.99. The number of para-hydroxylation sites is 1.